The molecule has 0 fully saturated rings. The molecule has 0 saturated heterocycles. The highest BCUT2D eigenvalue weighted by Gasteiger charge is 2.13. The van der Waals surface area contributed by atoms with Crippen LogP contribution in [-0.2, 0) is 4.79 Å². The molecule has 2 N–H and O–H groups in total. The Balaban J connectivity index is 1.99. The minimum atomic E-state index is -0.0482. The Morgan fingerprint density at radius 3 is 2.83 bits per heavy atom. The van der Waals surface area contributed by atoms with Crippen molar-refractivity contribution in [3.63, 3.8) is 0 Å². The fourth-order valence-electron chi connectivity index (χ4n) is 2.62. The van der Waals surface area contributed by atoms with Crippen LogP contribution >= 0.6 is 0 Å². The van der Waals surface area contributed by atoms with E-state index < -0.39 is 0 Å². The lowest BCUT2D eigenvalue weighted by Crippen LogP contribution is -2.25. The number of nitrogens with one attached hydrogen (secondary N) is 2. The van der Waals surface area contributed by atoms with Gasteiger partial charge in [0.2, 0.25) is 0 Å². The number of hydrogen-bond donors (Lipinski definition) is 2. The minimum Gasteiger partial charge on any atom is -0.352 e. The summed E-state index contributed by atoms with van der Waals surface area (Å²) in [5.74, 6) is -0.0482. The van der Waals surface area contributed by atoms with E-state index >= 15 is 0 Å². The summed E-state index contributed by atoms with van der Waals surface area (Å²) < 4.78 is 0. The van der Waals surface area contributed by atoms with Crippen LogP contribution in [0.1, 0.15) is 30.9 Å². The first-order valence-corrected chi connectivity index (χ1v) is 8.27. The SMILES string of the molecule is CCCCNC(=O)C(=Cc1c[nH]c2ncccc12)c1ccccc1. The summed E-state index contributed by atoms with van der Waals surface area (Å²) in [6.07, 6.45) is 7.60. The Morgan fingerprint density at radius 2 is 2.04 bits per heavy atom. The van der Waals surface area contributed by atoms with Crippen molar-refractivity contribution in [1.29, 1.82) is 0 Å². The number of nitrogens with zero attached hydrogens (tertiary/aromatic N) is 1. The smallest absolute Gasteiger partial charge is 0.251 e. The van der Waals surface area contributed by atoms with Gasteiger partial charge in [-0.3, -0.25) is 4.79 Å². The molecule has 0 spiro atoms. The highest BCUT2D eigenvalue weighted by Crippen LogP contribution is 2.23. The molecule has 0 saturated carbocycles. The summed E-state index contributed by atoms with van der Waals surface area (Å²) in [5, 5.41) is 4.02. The number of aromatic nitrogens is 2. The van der Waals surface area contributed by atoms with Crippen LogP contribution in [0.15, 0.2) is 54.9 Å². The highest BCUT2D eigenvalue weighted by atomic mass is 16.1. The monoisotopic (exact) mass is 319 g/mol. The van der Waals surface area contributed by atoms with E-state index in [1.54, 1.807) is 6.20 Å². The van der Waals surface area contributed by atoms with Crippen LogP contribution in [0, 0.1) is 0 Å². The normalized spacial score (nSPS) is 11.6. The molecule has 122 valence electrons. The molecule has 0 atom stereocenters. The second-order valence-electron chi connectivity index (χ2n) is 5.68. The van der Waals surface area contributed by atoms with E-state index in [-0.39, 0.29) is 5.91 Å². The molecule has 0 unspecified atom stereocenters. The van der Waals surface area contributed by atoms with E-state index in [0.29, 0.717) is 12.1 Å². The van der Waals surface area contributed by atoms with Crippen molar-refractivity contribution in [2.24, 2.45) is 0 Å². The topological polar surface area (TPSA) is 57.8 Å². The van der Waals surface area contributed by atoms with Gasteiger partial charge in [0.25, 0.3) is 5.91 Å². The predicted octanol–water partition coefficient (Wildman–Crippen LogP) is 4.02. The fraction of sp³-hybridized carbons (Fsp3) is 0.200. The number of hydrogen-bond acceptors (Lipinski definition) is 2. The number of pyridine rings is 1. The van der Waals surface area contributed by atoms with Gasteiger partial charge in [0.05, 0.1) is 0 Å². The Labute approximate surface area is 141 Å². The van der Waals surface area contributed by atoms with E-state index in [0.717, 1.165) is 35.0 Å². The van der Waals surface area contributed by atoms with Crippen LogP contribution in [0.25, 0.3) is 22.7 Å². The third kappa shape index (κ3) is 3.54. The number of H-pyrrole nitrogens is 1. The summed E-state index contributed by atoms with van der Waals surface area (Å²) >= 11 is 0. The van der Waals surface area contributed by atoms with Gasteiger partial charge < -0.3 is 10.3 Å². The summed E-state index contributed by atoms with van der Waals surface area (Å²) in [6, 6.07) is 13.7. The number of fused-ring (bicyclic) bond motifs is 1. The standard InChI is InChI=1S/C20H21N3O/c1-2-3-11-22-20(24)18(15-8-5-4-6-9-15)13-16-14-23-19-17(16)10-7-12-21-19/h4-10,12-14H,2-3,11H2,1H3,(H,21,23)(H,22,24). The molecule has 0 radical (unpaired) electrons. The van der Waals surface area contributed by atoms with E-state index in [9.17, 15) is 4.79 Å². The quantitative estimate of drug-likeness (QED) is 0.532. The molecule has 4 heteroatoms. The first-order chi connectivity index (χ1) is 11.8. The van der Waals surface area contributed by atoms with E-state index in [1.165, 1.54) is 0 Å². The Morgan fingerprint density at radius 1 is 1.21 bits per heavy atom. The Bertz CT molecular complexity index is 849. The van der Waals surface area contributed by atoms with Crippen LogP contribution in [-0.4, -0.2) is 22.4 Å². The minimum absolute atomic E-state index is 0.0482. The number of carbonyl (C=O) groups is 1. The molecule has 0 aliphatic heterocycles. The zero-order chi connectivity index (χ0) is 16.8. The van der Waals surface area contributed by atoms with Crippen LogP contribution in [0.5, 0.6) is 0 Å². The van der Waals surface area contributed by atoms with Gasteiger partial charge in [-0.25, -0.2) is 4.98 Å². The molecule has 3 aromatic rings. The number of carbonyl (C=O) groups excluding carboxylic acids is 1. The number of amides is 1. The molecule has 1 aromatic carbocycles. The maximum atomic E-state index is 12.7. The average Bonchev–Trinajstić information content (AvgIpc) is 3.03. The van der Waals surface area contributed by atoms with Crippen LogP contribution in [0.2, 0.25) is 0 Å². The van der Waals surface area contributed by atoms with Gasteiger partial charge in [-0.1, -0.05) is 43.7 Å². The maximum absolute atomic E-state index is 12.7. The second-order valence-corrected chi connectivity index (χ2v) is 5.68. The van der Waals surface area contributed by atoms with Gasteiger partial charge in [0.15, 0.2) is 0 Å². The van der Waals surface area contributed by atoms with Gasteiger partial charge in [-0.05, 0) is 30.2 Å². The molecule has 3 rings (SSSR count). The fourth-order valence-corrected chi connectivity index (χ4v) is 2.62. The van der Waals surface area contributed by atoms with Crippen molar-refractivity contribution < 1.29 is 4.79 Å². The second kappa shape index (κ2) is 7.59. The van der Waals surface area contributed by atoms with E-state index in [4.69, 9.17) is 0 Å². The molecule has 0 bridgehead atoms. The molecule has 0 aliphatic carbocycles. The molecule has 2 aromatic heterocycles. The molecule has 1 amide bonds. The van der Waals surface area contributed by atoms with E-state index in [2.05, 4.69) is 22.2 Å². The number of aromatic amines is 1. The van der Waals surface area contributed by atoms with Crippen LogP contribution in [0.3, 0.4) is 0 Å². The lowest BCUT2D eigenvalue weighted by Gasteiger charge is -2.09. The highest BCUT2D eigenvalue weighted by molar-refractivity contribution is 6.24. The number of unbranched alkanes of at least 4 members (excludes halogenated alkanes) is 1. The van der Waals surface area contributed by atoms with Crippen LogP contribution < -0.4 is 5.32 Å². The Kier molecular flexibility index (Phi) is 5.06. The lowest BCUT2D eigenvalue weighted by molar-refractivity contribution is -0.115. The van der Waals surface area contributed by atoms with Gasteiger partial charge in [0, 0.05) is 35.5 Å². The third-order valence-corrected chi connectivity index (χ3v) is 3.93. The number of rotatable bonds is 6. The Hall–Kier alpha value is -2.88. The molecular formula is C20H21N3O. The first kappa shape index (κ1) is 16.0. The molecule has 2 heterocycles. The van der Waals surface area contributed by atoms with Gasteiger partial charge >= 0.3 is 0 Å². The van der Waals surface area contributed by atoms with Crippen molar-refractivity contribution in [1.82, 2.24) is 15.3 Å². The number of benzene rings is 1. The van der Waals surface area contributed by atoms with E-state index in [1.807, 2.05) is 54.7 Å². The summed E-state index contributed by atoms with van der Waals surface area (Å²) in [7, 11) is 0. The summed E-state index contributed by atoms with van der Waals surface area (Å²) in [6.45, 7) is 2.80. The van der Waals surface area contributed by atoms with Crippen molar-refractivity contribution in [3.05, 3.63) is 66.0 Å². The summed E-state index contributed by atoms with van der Waals surface area (Å²) in [4.78, 5) is 20.1. The zero-order valence-corrected chi connectivity index (χ0v) is 13.8. The maximum Gasteiger partial charge on any atom is 0.251 e. The molecule has 0 aliphatic rings. The van der Waals surface area contributed by atoms with Crippen molar-refractivity contribution >= 4 is 28.6 Å². The lowest BCUT2D eigenvalue weighted by atomic mass is 10.0. The molecular weight excluding hydrogens is 298 g/mol. The molecule has 24 heavy (non-hydrogen) atoms. The third-order valence-electron chi connectivity index (χ3n) is 3.93. The summed E-state index contributed by atoms with van der Waals surface area (Å²) in [5.41, 5.74) is 3.35. The largest absolute Gasteiger partial charge is 0.352 e. The molecule has 4 nitrogen and oxygen atoms in total. The van der Waals surface area contributed by atoms with Gasteiger partial charge in [0.1, 0.15) is 5.65 Å². The first-order valence-electron chi connectivity index (χ1n) is 8.27. The average molecular weight is 319 g/mol. The van der Waals surface area contributed by atoms with Crippen molar-refractivity contribution in [3.8, 4) is 0 Å². The van der Waals surface area contributed by atoms with Gasteiger partial charge in [-0.15, -0.1) is 0 Å². The van der Waals surface area contributed by atoms with Crippen LogP contribution in [0.4, 0.5) is 0 Å². The van der Waals surface area contributed by atoms with Gasteiger partial charge in [-0.2, -0.15) is 0 Å². The van der Waals surface area contributed by atoms with Crippen molar-refractivity contribution in [2.45, 2.75) is 19.8 Å². The predicted molar refractivity (Wildman–Crippen MR) is 98.3 cm³/mol. The zero-order valence-electron chi connectivity index (χ0n) is 13.8. The van der Waals surface area contributed by atoms with Crippen molar-refractivity contribution in [2.75, 3.05) is 6.54 Å².